The van der Waals surface area contributed by atoms with Crippen LogP contribution in [0.25, 0.3) is 0 Å². The number of benzene rings is 2. The first kappa shape index (κ1) is 39.5. The maximum atomic E-state index is 7.32. The Hall–Kier alpha value is -2.75. The van der Waals surface area contributed by atoms with E-state index in [0.29, 0.717) is 48.8 Å². The summed E-state index contributed by atoms with van der Waals surface area (Å²) in [5, 5.41) is 12.4. The molecule has 10 nitrogen and oxygen atoms in total. The molecule has 7 rings (SSSR count). The van der Waals surface area contributed by atoms with Crippen molar-refractivity contribution in [1.82, 2.24) is 20.0 Å². The lowest BCUT2D eigenvalue weighted by molar-refractivity contribution is 0.0859. The van der Waals surface area contributed by atoms with E-state index in [4.69, 9.17) is 43.7 Å². The van der Waals surface area contributed by atoms with E-state index in [1.54, 1.807) is 6.07 Å². The van der Waals surface area contributed by atoms with Crippen molar-refractivity contribution in [2.45, 2.75) is 94.7 Å². The molecule has 278 valence electrons. The maximum absolute atomic E-state index is 7.32. The van der Waals surface area contributed by atoms with Gasteiger partial charge in [-0.15, -0.1) is 0 Å². The zero-order valence-electron chi connectivity index (χ0n) is 30.5. The Balaban J connectivity index is 0.000000189. The fourth-order valence-electron chi connectivity index (χ4n) is 8.27. The second-order valence-corrected chi connectivity index (χ2v) is 15.1. The normalized spacial score (nSPS) is 26.1. The molecule has 2 aromatic carbocycles. The summed E-state index contributed by atoms with van der Waals surface area (Å²) in [6, 6.07) is 20.7. The second-order valence-electron chi connectivity index (χ2n) is 14.2. The number of nitriles is 1. The van der Waals surface area contributed by atoms with Gasteiger partial charge in [-0.25, -0.2) is 4.99 Å². The zero-order valence-corrected chi connectivity index (χ0v) is 32.0. The standard InChI is InChI=1S/C20H28ClN5O.C17H25ClN2O.C2H3N/c1-27-18-11-17(10-14-2-4-15(21)5-3-14)26(13-18)16-6-8-25(9-7-16)20-23-12-19(22)24-20;1-21-17-11-16(10-13-2-4-14(18)5-3-13)20(12-17)15-6-8-19-9-7-15;1-2-3/h2-5,16-18H,6-13H2,1H3,(H2,22,23,24);2-5,15-17,19H,6-12H2,1H3;1H3/t17-,18-;16-,17-;/m00./s1. The fourth-order valence-corrected chi connectivity index (χ4v) is 8.53. The number of hydrogen-bond acceptors (Lipinski definition) is 10. The summed E-state index contributed by atoms with van der Waals surface area (Å²) in [5.74, 6) is 1.44. The summed E-state index contributed by atoms with van der Waals surface area (Å²) in [4.78, 5) is 16.4. The number of methoxy groups -OCH3 is 2. The van der Waals surface area contributed by atoms with Crippen molar-refractivity contribution in [3.63, 3.8) is 0 Å². The van der Waals surface area contributed by atoms with Gasteiger partial charge in [0.1, 0.15) is 12.4 Å². The second kappa shape index (κ2) is 19.9. The SMILES string of the molecule is CC#N.CO[C@H]1C[C@H](Cc2ccc(Cl)cc2)N(C2CCN(C3=NCC(N)=N3)CC2)C1.CO[C@H]1C[C@H](Cc2ccc(Cl)cc2)N(C2CCNCC2)C1. The number of halogens is 2. The maximum Gasteiger partial charge on any atom is 0.222 e. The molecular weight excluding hydrogens is 683 g/mol. The van der Waals surface area contributed by atoms with Crippen LogP contribution in [0.4, 0.5) is 0 Å². The highest BCUT2D eigenvalue weighted by Gasteiger charge is 2.39. The average molecular weight is 740 g/mol. The third kappa shape index (κ3) is 11.4. The highest BCUT2D eigenvalue weighted by Crippen LogP contribution is 2.31. The first-order valence-corrected chi connectivity index (χ1v) is 19.3. The third-order valence-electron chi connectivity index (χ3n) is 10.9. The number of nitrogens with zero attached hydrogens (tertiary/aromatic N) is 6. The number of piperidine rings is 2. The summed E-state index contributed by atoms with van der Waals surface area (Å²) in [6.07, 6.45) is 9.85. The molecule has 0 amide bonds. The lowest BCUT2D eigenvalue weighted by atomic mass is 9.99. The van der Waals surface area contributed by atoms with Gasteiger partial charge in [-0.1, -0.05) is 47.5 Å². The van der Waals surface area contributed by atoms with Crippen molar-refractivity contribution in [2.75, 3.05) is 60.0 Å². The van der Waals surface area contributed by atoms with Crippen molar-refractivity contribution in [2.24, 2.45) is 15.7 Å². The summed E-state index contributed by atoms with van der Waals surface area (Å²) in [5.41, 5.74) is 8.48. The molecule has 0 aromatic heterocycles. The van der Waals surface area contributed by atoms with Gasteiger partial charge in [0.2, 0.25) is 5.96 Å². The number of hydrogen-bond donors (Lipinski definition) is 2. The largest absolute Gasteiger partial charge is 0.385 e. The number of likely N-dealkylation sites (tertiary alicyclic amines) is 3. The Labute approximate surface area is 315 Å². The quantitative estimate of drug-likeness (QED) is 0.370. The fraction of sp³-hybridized carbons (Fsp3) is 0.615. The summed E-state index contributed by atoms with van der Waals surface area (Å²) >= 11 is 12.0. The molecule has 0 saturated carbocycles. The van der Waals surface area contributed by atoms with Crippen LogP contribution in [0.2, 0.25) is 10.0 Å². The van der Waals surface area contributed by atoms with Gasteiger partial charge < -0.3 is 25.4 Å². The van der Waals surface area contributed by atoms with Gasteiger partial charge in [-0.05, 0) is 99.8 Å². The van der Waals surface area contributed by atoms with Gasteiger partial charge in [0.05, 0.1) is 18.3 Å². The van der Waals surface area contributed by atoms with Gasteiger partial charge in [0.25, 0.3) is 0 Å². The van der Waals surface area contributed by atoms with Crippen LogP contribution in [-0.4, -0.2) is 123 Å². The minimum atomic E-state index is 0.323. The lowest BCUT2D eigenvalue weighted by Crippen LogP contribution is -2.48. The van der Waals surface area contributed by atoms with E-state index in [9.17, 15) is 0 Å². The van der Waals surface area contributed by atoms with Crippen LogP contribution in [0, 0.1) is 11.3 Å². The van der Waals surface area contributed by atoms with Crippen LogP contribution in [0.5, 0.6) is 0 Å². The molecule has 3 N–H and O–H groups in total. The molecule has 0 radical (unpaired) electrons. The molecule has 2 aromatic rings. The Bertz CT molecular complexity index is 1450. The molecule has 4 atom stereocenters. The predicted molar refractivity (Wildman–Crippen MR) is 208 cm³/mol. The smallest absolute Gasteiger partial charge is 0.222 e. The third-order valence-corrected chi connectivity index (χ3v) is 11.4. The van der Waals surface area contributed by atoms with Crippen molar-refractivity contribution in [1.29, 1.82) is 5.26 Å². The number of nitrogens with one attached hydrogen (secondary N) is 1. The first-order chi connectivity index (χ1) is 24.8. The molecule has 4 fully saturated rings. The molecule has 0 bridgehead atoms. The highest BCUT2D eigenvalue weighted by molar-refractivity contribution is 6.30. The lowest BCUT2D eigenvalue weighted by Gasteiger charge is -2.39. The van der Waals surface area contributed by atoms with Crippen LogP contribution >= 0.6 is 23.2 Å². The van der Waals surface area contributed by atoms with E-state index >= 15 is 0 Å². The topological polar surface area (TPSA) is 115 Å². The van der Waals surface area contributed by atoms with Gasteiger partial charge in [-0.2, -0.15) is 10.3 Å². The van der Waals surface area contributed by atoms with Crippen LogP contribution < -0.4 is 11.1 Å². The number of nitrogens with two attached hydrogens (primary N) is 1. The van der Waals surface area contributed by atoms with E-state index in [-0.39, 0.29) is 0 Å². The highest BCUT2D eigenvalue weighted by atomic mass is 35.5. The number of guanidine groups is 1. The molecule has 0 aliphatic carbocycles. The van der Waals surface area contributed by atoms with Gasteiger partial charge in [-0.3, -0.25) is 9.80 Å². The average Bonchev–Trinajstić information content (AvgIpc) is 3.90. The van der Waals surface area contributed by atoms with Gasteiger partial charge in [0.15, 0.2) is 0 Å². The van der Waals surface area contributed by atoms with E-state index in [0.717, 1.165) is 93.8 Å². The Morgan fingerprint density at radius 1 is 0.804 bits per heavy atom. The molecule has 5 aliphatic rings. The molecule has 12 heteroatoms. The molecule has 51 heavy (non-hydrogen) atoms. The first-order valence-electron chi connectivity index (χ1n) is 18.5. The minimum Gasteiger partial charge on any atom is -0.385 e. The molecule has 4 saturated heterocycles. The monoisotopic (exact) mass is 738 g/mol. The van der Waals surface area contributed by atoms with E-state index in [1.807, 2.05) is 38.5 Å². The predicted octanol–water partition coefficient (Wildman–Crippen LogP) is 5.42. The minimum absolute atomic E-state index is 0.323. The molecule has 5 heterocycles. The molecular formula is C39H56Cl2N8O2. The molecule has 0 unspecified atom stereocenters. The summed E-state index contributed by atoms with van der Waals surface area (Å²) in [6.45, 7) is 8.34. The van der Waals surface area contributed by atoms with Crippen LogP contribution in [-0.2, 0) is 22.3 Å². The van der Waals surface area contributed by atoms with Crippen LogP contribution in [0.1, 0.15) is 56.6 Å². The zero-order chi connectivity index (χ0) is 36.2. The van der Waals surface area contributed by atoms with Crippen LogP contribution in [0.3, 0.4) is 0 Å². The number of amidine groups is 1. The number of aliphatic imine (C=N–C) groups is 2. The van der Waals surface area contributed by atoms with Crippen LogP contribution in [0.15, 0.2) is 58.5 Å². The molecule has 0 spiro atoms. The Morgan fingerprint density at radius 2 is 1.25 bits per heavy atom. The Morgan fingerprint density at radius 3 is 1.67 bits per heavy atom. The molecule has 5 aliphatic heterocycles. The number of rotatable bonds is 8. The summed E-state index contributed by atoms with van der Waals surface area (Å²) in [7, 11) is 3.67. The van der Waals surface area contributed by atoms with Gasteiger partial charge in [0, 0.05) is 81.5 Å². The van der Waals surface area contributed by atoms with E-state index < -0.39 is 0 Å². The van der Waals surface area contributed by atoms with Crippen molar-refractivity contribution < 1.29 is 9.47 Å². The van der Waals surface area contributed by atoms with Crippen molar-refractivity contribution in [3.8, 4) is 6.07 Å². The Kier molecular flexibility index (Phi) is 15.4. The van der Waals surface area contributed by atoms with E-state index in [1.165, 1.54) is 30.9 Å². The van der Waals surface area contributed by atoms with Crippen molar-refractivity contribution in [3.05, 3.63) is 69.7 Å². The van der Waals surface area contributed by atoms with Gasteiger partial charge >= 0.3 is 0 Å². The van der Waals surface area contributed by atoms with E-state index in [2.05, 4.69) is 54.3 Å². The summed E-state index contributed by atoms with van der Waals surface area (Å²) < 4.78 is 11.4. The van der Waals surface area contributed by atoms with Crippen molar-refractivity contribution >= 4 is 35.0 Å². The number of ether oxygens (including phenoxy) is 2.